The predicted molar refractivity (Wildman–Crippen MR) is 126 cm³/mol. The number of ether oxygens (including phenoxy) is 1. The summed E-state index contributed by atoms with van der Waals surface area (Å²) in [5, 5.41) is 12.3. The van der Waals surface area contributed by atoms with Gasteiger partial charge in [-0.25, -0.2) is 9.18 Å². The second-order valence-corrected chi connectivity index (χ2v) is 9.07. The molecule has 0 aliphatic carbocycles. The van der Waals surface area contributed by atoms with Crippen molar-refractivity contribution in [2.45, 2.75) is 38.6 Å². The number of primary amides is 1. The van der Waals surface area contributed by atoms with Crippen LogP contribution < -0.4 is 11.1 Å². The van der Waals surface area contributed by atoms with E-state index in [2.05, 4.69) is 15.5 Å². The number of anilines is 1. The summed E-state index contributed by atoms with van der Waals surface area (Å²) >= 11 is 1.31. The molecule has 8 nitrogen and oxygen atoms in total. The fourth-order valence-electron chi connectivity index (χ4n) is 3.84. The molecule has 174 valence electrons. The van der Waals surface area contributed by atoms with Gasteiger partial charge in [-0.05, 0) is 43.0 Å². The summed E-state index contributed by atoms with van der Waals surface area (Å²) in [6, 6.07) is 8.06. The van der Waals surface area contributed by atoms with E-state index in [4.69, 9.17) is 10.5 Å². The average molecular weight is 472 g/mol. The first-order valence-electron chi connectivity index (χ1n) is 11.0. The van der Waals surface area contributed by atoms with Crippen LogP contribution in [0.4, 0.5) is 15.0 Å². The Morgan fingerprint density at radius 2 is 2.18 bits per heavy atom. The van der Waals surface area contributed by atoms with Crippen molar-refractivity contribution >= 4 is 39.2 Å². The van der Waals surface area contributed by atoms with Crippen LogP contribution in [0.3, 0.4) is 0 Å². The number of nitrogens with one attached hydrogen (secondary N) is 1. The number of carbonyl (C=O) groups is 2. The number of aromatic nitrogens is 2. The molecule has 0 bridgehead atoms. The van der Waals surface area contributed by atoms with E-state index in [0.717, 1.165) is 30.6 Å². The van der Waals surface area contributed by atoms with Crippen LogP contribution in [0, 0.1) is 5.82 Å². The highest BCUT2D eigenvalue weighted by molar-refractivity contribution is 7.22. The molecule has 1 atom stereocenters. The Bertz CT molecular complexity index is 1170. The Morgan fingerprint density at radius 3 is 2.94 bits per heavy atom. The van der Waals surface area contributed by atoms with E-state index in [-0.39, 0.29) is 23.6 Å². The Labute approximate surface area is 194 Å². The van der Waals surface area contributed by atoms with E-state index in [1.54, 1.807) is 17.0 Å². The molecule has 1 fully saturated rings. The standard InChI is InChI=1S/C23H26FN5O3S/c1-2-3-10-32-23(31)29-9-5-8-16(13-29)26-22-17-12-18(14-6-4-7-15(24)11-14)33-20(17)19(21(25)30)27-28-22/h4,6-7,11-12,16H,2-3,5,8-10,13H2,1H3,(H2,25,30)(H,26,28). The third-order valence-corrected chi connectivity index (χ3v) is 6.73. The van der Waals surface area contributed by atoms with Crippen molar-refractivity contribution in [1.29, 1.82) is 0 Å². The summed E-state index contributed by atoms with van der Waals surface area (Å²) in [4.78, 5) is 26.8. The highest BCUT2D eigenvalue weighted by atomic mass is 32.1. The molecular formula is C23H26FN5O3S. The molecule has 33 heavy (non-hydrogen) atoms. The largest absolute Gasteiger partial charge is 0.449 e. The monoisotopic (exact) mass is 471 g/mol. The van der Waals surface area contributed by atoms with E-state index < -0.39 is 5.91 Å². The minimum Gasteiger partial charge on any atom is -0.449 e. The Kier molecular flexibility index (Phi) is 7.02. The summed E-state index contributed by atoms with van der Waals surface area (Å²) in [5.74, 6) is -0.520. The van der Waals surface area contributed by atoms with Crippen LogP contribution in [-0.2, 0) is 4.74 Å². The number of hydrogen-bond donors (Lipinski definition) is 2. The lowest BCUT2D eigenvalue weighted by Crippen LogP contribution is -2.45. The number of nitrogens with two attached hydrogens (primary N) is 1. The second kappa shape index (κ2) is 10.1. The summed E-state index contributed by atoms with van der Waals surface area (Å²) in [7, 11) is 0. The first kappa shape index (κ1) is 22.9. The quantitative estimate of drug-likeness (QED) is 0.494. The number of fused-ring (bicyclic) bond motifs is 1. The van der Waals surface area contributed by atoms with Gasteiger partial charge in [0.05, 0.1) is 11.3 Å². The molecule has 0 spiro atoms. The summed E-state index contributed by atoms with van der Waals surface area (Å²) in [5.41, 5.74) is 6.28. The van der Waals surface area contributed by atoms with Gasteiger partial charge in [0.25, 0.3) is 5.91 Å². The van der Waals surface area contributed by atoms with E-state index in [0.29, 0.717) is 41.2 Å². The number of thiophene rings is 1. The average Bonchev–Trinajstić information content (AvgIpc) is 3.25. The lowest BCUT2D eigenvalue weighted by Gasteiger charge is -2.32. The molecule has 1 aromatic carbocycles. The lowest BCUT2D eigenvalue weighted by atomic mass is 10.1. The molecule has 1 aliphatic heterocycles. The molecule has 3 N–H and O–H groups in total. The number of rotatable bonds is 7. The number of benzene rings is 1. The fraction of sp³-hybridized carbons (Fsp3) is 0.391. The van der Waals surface area contributed by atoms with E-state index in [9.17, 15) is 14.0 Å². The minimum absolute atomic E-state index is 0.0491. The molecular weight excluding hydrogens is 445 g/mol. The van der Waals surface area contributed by atoms with Crippen molar-refractivity contribution in [2.75, 3.05) is 25.0 Å². The van der Waals surface area contributed by atoms with Gasteiger partial charge in [0.2, 0.25) is 0 Å². The lowest BCUT2D eigenvalue weighted by molar-refractivity contribution is 0.0919. The molecule has 3 heterocycles. The van der Waals surface area contributed by atoms with Crippen LogP contribution in [0.1, 0.15) is 43.1 Å². The summed E-state index contributed by atoms with van der Waals surface area (Å²) in [6.07, 6.45) is 3.17. The molecule has 2 amide bonds. The molecule has 3 aromatic rings. The van der Waals surface area contributed by atoms with E-state index in [1.165, 1.54) is 23.5 Å². The first-order valence-corrected chi connectivity index (χ1v) is 11.8. The highest BCUT2D eigenvalue weighted by Crippen LogP contribution is 2.38. The van der Waals surface area contributed by atoms with Crippen LogP contribution in [0.5, 0.6) is 0 Å². The topological polar surface area (TPSA) is 110 Å². The Morgan fingerprint density at radius 1 is 1.33 bits per heavy atom. The zero-order chi connectivity index (χ0) is 23.4. The smallest absolute Gasteiger partial charge is 0.409 e. The third kappa shape index (κ3) is 5.22. The highest BCUT2D eigenvalue weighted by Gasteiger charge is 2.26. The normalized spacial score (nSPS) is 16.1. The first-order chi connectivity index (χ1) is 16.0. The number of amides is 2. The molecule has 4 rings (SSSR count). The van der Waals surface area contributed by atoms with E-state index >= 15 is 0 Å². The zero-order valence-corrected chi connectivity index (χ0v) is 19.2. The van der Waals surface area contributed by atoms with Crippen molar-refractivity contribution in [1.82, 2.24) is 15.1 Å². The van der Waals surface area contributed by atoms with Gasteiger partial charge in [-0.3, -0.25) is 4.79 Å². The number of halogens is 1. The molecule has 1 unspecified atom stereocenters. The number of likely N-dealkylation sites (tertiary alicyclic amines) is 1. The van der Waals surface area contributed by atoms with Crippen molar-refractivity contribution < 1.29 is 18.7 Å². The Hall–Kier alpha value is -3.27. The number of piperidine rings is 1. The van der Waals surface area contributed by atoms with Crippen LogP contribution in [-0.4, -0.2) is 52.8 Å². The van der Waals surface area contributed by atoms with Crippen molar-refractivity contribution in [3.05, 3.63) is 41.8 Å². The maximum absolute atomic E-state index is 13.8. The molecule has 0 saturated carbocycles. The molecule has 10 heteroatoms. The molecule has 1 aliphatic rings. The predicted octanol–water partition coefficient (Wildman–Crippen LogP) is 4.41. The van der Waals surface area contributed by atoms with Gasteiger partial charge in [0, 0.05) is 29.4 Å². The third-order valence-electron chi connectivity index (χ3n) is 5.54. The van der Waals surface area contributed by atoms with Crippen molar-refractivity contribution in [3.8, 4) is 10.4 Å². The summed E-state index contributed by atoms with van der Waals surface area (Å²) in [6.45, 7) is 3.59. The van der Waals surface area contributed by atoms with Crippen LogP contribution in [0.25, 0.3) is 20.5 Å². The van der Waals surface area contributed by atoms with Gasteiger partial charge in [0.1, 0.15) is 5.82 Å². The fourth-order valence-corrected chi connectivity index (χ4v) is 4.99. The molecule has 2 aromatic heterocycles. The van der Waals surface area contributed by atoms with Crippen LogP contribution in [0.2, 0.25) is 0 Å². The molecule has 0 radical (unpaired) electrons. The van der Waals surface area contributed by atoms with Crippen LogP contribution >= 0.6 is 11.3 Å². The van der Waals surface area contributed by atoms with Gasteiger partial charge in [0.15, 0.2) is 11.5 Å². The number of unbranched alkanes of at least 4 members (excludes halogenated alkanes) is 1. The maximum atomic E-state index is 13.8. The maximum Gasteiger partial charge on any atom is 0.409 e. The van der Waals surface area contributed by atoms with Crippen molar-refractivity contribution in [3.63, 3.8) is 0 Å². The van der Waals surface area contributed by atoms with Gasteiger partial charge in [-0.1, -0.05) is 25.5 Å². The second-order valence-electron chi connectivity index (χ2n) is 8.02. The molecule has 1 saturated heterocycles. The van der Waals surface area contributed by atoms with Crippen LogP contribution in [0.15, 0.2) is 30.3 Å². The zero-order valence-electron chi connectivity index (χ0n) is 18.3. The minimum atomic E-state index is -0.676. The Balaban J connectivity index is 1.59. The summed E-state index contributed by atoms with van der Waals surface area (Å²) < 4.78 is 19.7. The van der Waals surface area contributed by atoms with E-state index in [1.807, 2.05) is 13.0 Å². The SMILES string of the molecule is CCCCOC(=O)N1CCCC(Nc2nnc(C(N)=O)c3sc(-c4cccc(F)c4)cc23)C1. The van der Waals surface area contributed by atoms with Gasteiger partial charge in [-0.2, -0.15) is 0 Å². The number of hydrogen-bond acceptors (Lipinski definition) is 7. The number of carbonyl (C=O) groups excluding carboxylic acids is 2. The van der Waals surface area contributed by atoms with Gasteiger partial charge >= 0.3 is 6.09 Å². The van der Waals surface area contributed by atoms with Gasteiger partial charge < -0.3 is 20.7 Å². The van der Waals surface area contributed by atoms with Crippen molar-refractivity contribution in [2.24, 2.45) is 5.73 Å². The number of nitrogens with zero attached hydrogens (tertiary/aromatic N) is 3. The van der Waals surface area contributed by atoms with Gasteiger partial charge in [-0.15, -0.1) is 21.5 Å².